The average molecular weight is 536 g/mol. The lowest BCUT2D eigenvalue weighted by Gasteiger charge is -2.42. The number of halogens is 1. The zero-order valence-corrected chi connectivity index (χ0v) is 25.6. The Morgan fingerprint density at radius 1 is 0.692 bits per heavy atom. The summed E-state index contributed by atoms with van der Waals surface area (Å²) in [5.41, 5.74) is 11.6. The van der Waals surface area contributed by atoms with Crippen molar-refractivity contribution in [2.75, 3.05) is 4.90 Å². The molecule has 0 heterocycles. The van der Waals surface area contributed by atoms with E-state index in [1.54, 1.807) is 0 Å². The van der Waals surface area contributed by atoms with Gasteiger partial charge in [0.15, 0.2) is 0 Å². The van der Waals surface area contributed by atoms with Crippen molar-refractivity contribution in [1.82, 2.24) is 0 Å². The van der Waals surface area contributed by atoms with Crippen LogP contribution in [0.3, 0.4) is 0 Å². The molecule has 0 radical (unpaired) electrons. The van der Waals surface area contributed by atoms with Crippen LogP contribution in [-0.4, -0.2) is 0 Å². The molecule has 4 aromatic rings. The smallest absolute Gasteiger partial charge is 0.0540 e. The highest BCUT2D eigenvalue weighted by Crippen LogP contribution is 2.49. The Bertz CT molecular complexity index is 1480. The Morgan fingerprint density at radius 3 is 2.00 bits per heavy atom. The Labute approximate surface area is 240 Å². The summed E-state index contributed by atoms with van der Waals surface area (Å²) in [7, 11) is 0. The molecule has 5 rings (SSSR count). The van der Waals surface area contributed by atoms with E-state index >= 15 is 0 Å². The third kappa shape index (κ3) is 5.39. The summed E-state index contributed by atoms with van der Waals surface area (Å²) >= 11 is 6.68. The van der Waals surface area contributed by atoms with Gasteiger partial charge in [-0.1, -0.05) is 103 Å². The van der Waals surface area contributed by atoms with E-state index in [0.29, 0.717) is 0 Å². The highest BCUT2D eigenvalue weighted by molar-refractivity contribution is 6.31. The van der Waals surface area contributed by atoms with Gasteiger partial charge in [-0.2, -0.15) is 0 Å². The first-order valence-electron chi connectivity index (χ1n) is 14.2. The predicted molar refractivity (Wildman–Crippen MR) is 170 cm³/mol. The molecule has 2 heteroatoms. The highest BCUT2D eigenvalue weighted by atomic mass is 35.5. The van der Waals surface area contributed by atoms with E-state index in [4.69, 9.17) is 11.6 Å². The molecule has 0 unspecified atom stereocenters. The number of fused-ring (bicyclic) bond motifs is 1. The SMILES string of the molecule is Cc1cc(Cl)cc(N(c2ccc3c(c2)C(C)(C)CCC3(C)C)c2ccc(C(C)(C)C)cc2-c2ccccc2)c1. The van der Waals surface area contributed by atoms with Crippen LogP contribution in [-0.2, 0) is 16.2 Å². The third-order valence-electron chi connectivity index (χ3n) is 8.57. The van der Waals surface area contributed by atoms with Crippen LogP contribution in [0.25, 0.3) is 11.1 Å². The summed E-state index contributed by atoms with van der Waals surface area (Å²) in [5, 5.41) is 0.752. The first kappa shape index (κ1) is 27.5. The molecule has 1 aliphatic carbocycles. The van der Waals surface area contributed by atoms with Crippen LogP contribution < -0.4 is 4.90 Å². The minimum atomic E-state index is 0.0426. The van der Waals surface area contributed by atoms with Crippen LogP contribution in [0, 0.1) is 6.92 Å². The number of hydrogen-bond donors (Lipinski definition) is 0. The van der Waals surface area contributed by atoms with Crippen LogP contribution in [0.2, 0.25) is 5.02 Å². The molecule has 1 nitrogen and oxygen atoms in total. The Balaban J connectivity index is 1.81. The molecule has 0 amide bonds. The number of hydrogen-bond acceptors (Lipinski definition) is 1. The van der Waals surface area contributed by atoms with Gasteiger partial charge < -0.3 is 4.90 Å². The number of rotatable bonds is 4. The molecule has 0 saturated heterocycles. The fourth-order valence-electron chi connectivity index (χ4n) is 6.04. The van der Waals surface area contributed by atoms with Crippen LogP contribution in [0.1, 0.15) is 83.6 Å². The molecule has 0 aliphatic heterocycles. The van der Waals surface area contributed by atoms with E-state index < -0.39 is 0 Å². The first-order chi connectivity index (χ1) is 18.3. The molecular formula is C37H42ClN. The standard InChI is InChI=1S/C37H42ClN/c1-25-20-28(38)23-30(21-25)39(29-15-16-32-33(24-29)37(7,8)19-18-36(32,5)6)34-17-14-27(35(2,3)4)22-31(34)26-12-10-9-11-13-26/h9-17,20-24H,18-19H2,1-8H3. The van der Waals surface area contributed by atoms with Gasteiger partial charge in [-0.05, 0) is 106 Å². The van der Waals surface area contributed by atoms with Crippen LogP contribution in [0.15, 0.2) is 84.9 Å². The number of benzene rings is 4. The molecule has 0 bridgehead atoms. The van der Waals surface area contributed by atoms with E-state index in [1.165, 1.54) is 46.3 Å². The molecule has 0 spiro atoms. The zero-order valence-electron chi connectivity index (χ0n) is 24.8. The summed E-state index contributed by atoms with van der Waals surface area (Å²) in [6, 6.07) is 31.2. The minimum Gasteiger partial charge on any atom is -0.310 e. The molecule has 4 aromatic carbocycles. The second-order valence-electron chi connectivity index (χ2n) is 13.7. The van der Waals surface area contributed by atoms with Crippen molar-refractivity contribution >= 4 is 28.7 Å². The zero-order chi connectivity index (χ0) is 28.2. The summed E-state index contributed by atoms with van der Waals surface area (Å²) in [4.78, 5) is 2.41. The number of nitrogens with zero attached hydrogens (tertiary/aromatic N) is 1. The minimum absolute atomic E-state index is 0.0426. The van der Waals surface area contributed by atoms with E-state index in [1.807, 2.05) is 6.07 Å². The molecule has 0 atom stereocenters. The van der Waals surface area contributed by atoms with Gasteiger partial charge in [-0.15, -0.1) is 0 Å². The molecular weight excluding hydrogens is 494 g/mol. The normalized spacial score (nSPS) is 16.0. The van der Waals surface area contributed by atoms with E-state index in [-0.39, 0.29) is 16.2 Å². The summed E-state index contributed by atoms with van der Waals surface area (Å²) in [6.45, 7) is 18.5. The quantitative estimate of drug-likeness (QED) is 0.251. The molecule has 202 valence electrons. The van der Waals surface area contributed by atoms with Crippen molar-refractivity contribution in [3.63, 3.8) is 0 Å². The predicted octanol–water partition coefficient (Wildman–Crippen LogP) is 11.4. The second-order valence-corrected chi connectivity index (χ2v) is 14.1. The van der Waals surface area contributed by atoms with E-state index in [2.05, 4.69) is 139 Å². The van der Waals surface area contributed by atoms with Gasteiger partial charge in [0.05, 0.1) is 5.69 Å². The lowest BCUT2D eigenvalue weighted by atomic mass is 9.63. The lowest BCUT2D eigenvalue weighted by Crippen LogP contribution is -2.34. The van der Waals surface area contributed by atoms with Gasteiger partial charge in [0.2, 0.25) is 0 Å². The Hall–Kier alpha value is -3.03. The van der Waals surface area contributed by atoms with Crippen molar-refractivity contribution in [2.45, 2.75) is 84.5 Å². The Kier molecular flexibility index (Phi) is 6.96. The van der Waals surface area contributed by atoms with Crippen LogP contribution >= 0.6 is 11.6 Å². The van der Waals surface area contributed by atoms with Gasteiger partial charge in [-0.25, -0.2) is 0 Å². The molecule has 0 fully saturated rings. The molecule has 0 saturated carbocycles. The maximum atomic E-state index is 6.68. The van der Waals surface area contributed by atoms with Gasteiger partial charge in [0.25, 0.3) is 0 Å². The monoisotopic (exact) mass is 535 g/mol. The van der Waals surface area contributed by atoms with Crippen LogP contribution in [0.5, 0.6) is 0 Å². The third-order valence-corrected chi connectivity index (χ3v) is 8.79. The van der Waals surface area contributed by atoms with Crippen LogP contribution in [0.4, 0.5) is 17.1 Å². The number of aryl methyl sites for hydroxylation is 1. The van der Waals surface area contributed by atoms with E-state index in [0.717, 1.165) is 22.0 Å². The maximum absolute atomic E-state index is 6.68. The van der Waals surface area contributed by atoms with Gasteiger partial charge in [0.1, 0.15) is 0 Å². The van der Waals surface area contributed by atoms with E-state index in [9.17, 15) is 0 Å². The molecule has 0 N–H and O–H groups in total. The summed E-state index contributed by atoms with van der Waals surface area (Å²) < 4.78 is 0. The Morgan fingerprint density at radius 2 is 1.36 bits per heavy atom. The fraction of sp³-hybridized carbons (Fsp3) is 0.351. The van der Waals surface area contributed by atoms with Crippen molar-refractivity contribution in [2.24, 2.45) is 0 Å². The highest BCUT2D eigenvalue weighted by Gasteiger charge is 2.37. The largest absolute Gasteiger partial charge is 0.310 e. The summed E-state index contributed by atoms with van der Waals surface area (Å²) in [6.07, 6.45) is 2.39. The van der Waals surface area contributed by atoms with Gasteiger partial charge >= 0.3 is 0 Å². The van der Waals surface area contributed by atoms with Crippen molar-refractivity contribution in [3.8, 4) is 11.1 Å². The fourth-order valence-corrected chi connectivity index (χ4v) is 6.32. The van der Waals surface area contributed by atoms with Crippen molar-refractivity contribution < 1.29 is 0 Å². The van der Waals surface area contributed by atoms with Gasteiger partial charge in [0, 0.05) is 22.0 Å². The molecule has 39 heavy (non-hydrogen) atoms. The second kappa shape index (κ2) is 9.86. The average Bonchev–Trinajstić information content (AvgIpc) is 2.87. The lowest BCUT2D eigenvalue weighted by molar-refractivity contribution is 0.332. The van der Waals surface area contributed by atoms with Crippen molar-refractivity contribution in [1.29, 1.82) is 0 Å². The maximum Gasteiger partial charge on any atom is 0.0540 e. The molecule has 0 aromatic heterocycles. The molecule has 1 aliphatic rings. The van der Waals surface area contributed by atoms with Crippen molar-refractivity contribution in [3.05, 3.63) is 112 Å². The summed E-state index contributed by atoms with van der Waals surface area (Å²) in [5.74, 6) is 0. The topological polar surface area (TPSA) is 3.24 Å². The first-order valence-corrected chi connectivity index (χ1v) is 14.6. The number of anilines is 3. The van der Waals surface area contributed by atoms with Gasteiger partial charge in [-0.3, -0.25) is 0 Å².